The lowest BCUT2D eigenvalue weighted by atomic mass is 10.1. The van der Waals surface area contributed by atoms with Gasteiger partial charge >= 0.3 is 6.09 Å². The number of β-amino-alcohol motifs (C(OH)–C–C–N with tert-alkyl or cyclic N) is 1. The Morgan fingerprint density at radius 1 is 1.23 bits per heavy atom. The van der Waals surface area contributed by atoms with Gasteiger partial charge in [-0.25, -0.2) is 13.6 Å². The molecule has 0 aliphatic heterocycles. The molecule has 1 amide bonds. The molecule has 1 aromatic rings. The van der Waals surface area contributed by atoms with Crippen molar-refractivity contribution in [2.45, 2.75) is 39.0 Å². The van der Waals surface area contributed by atoms with Gasteiger partial charge < -0.3 is 20.5 Å². The van der Waals surface area contributed by atoms with Gasteiger partial charge in [-0.1, -0.05) is 0 Å². The fraction of sp³-hybridized carbons (Fsp3) is 0.533. The van der Waals surface area contributed by atoms with Gasteiger partial charge in [0.05, 0.1) is 6.10 Å². The van der Waals surface area contributed by atoms with Crippen LogP contribution in [0.3, 0.4) is 0 Å². The van der Waals surface area contributed by atoms with Gasteiger partial charge in [-0.15, -0.1) is 0 Å². The Morgan fingerprint density at radius 3 is 2.36 bits per heavy atom. The van der Waals surface area contributed by atoms with Gasteiger partial charge in [0.15, 0.2) is 0 Å². The number of carbonyl (C=O) groups excluding carboxylic acids is 1. The molecule has 124 valence electrons. The van der Waals surface area contributed by atoms with Gasteiger partial charge in [-0.05, 0) is 38.5 Å². The lowest BCUT2D eigenvalue weighted by molar-refractivity contribution is 0.122. The number of carbonyl (C=O) groups is 1. The molecule has 0 aliphatic carbocycles. The SMILES string of the molecule is CC(C)(C)NCC(O)CNC(=O)OCc1cc(F)cc(F)c1. The molecule has 7 heteroatoms. The van der Waals surface area contributed by atoms with Crippen LogP contribution in [0.25, 0.3) is 0 Å². The Morgan fingerprint density at radius 2 is 1.82 bits per heavy atom. The van der Waals surface area contributed by atoms with E-state index < -0.39 is 23.8 Å². The number of amides is 1. The summed E-state index contributed by atoms with van der Waals surface area (Å²) in [6.07, 6.45) is -1.53. The van der Waals surface area contributed by atoms with Crippen LogP contribution in [-0.4, -0.2) is 35.9 Å². The highest BCUT2D eigenvalue weighted by Gasteiger charge is 2.13. The lowest BCUT2D eigenvalue weighted by Crippen LogP contribution is -2.44. The Labute approximate surface area is 128 Å². The number of benzene rings is 1. The first-order chi connectivity index (χ1) is 10.2. The highest BCUT2D eigenvalue weighted by Crippen LogP contribution is 2.09. The summed E-state index contributed by atoms with van der Waals surface area (Å²) in [4.78, 5) is 11.4. The molecule has 0 heterocycles. The Bertz CT molecular complexity index is 484. The molecule has 1 unspecified atom stereocenters. The molecule has 0 aromatic heterocycles. The third-order valence-corrected chi connectivity index (χ3v) is 2.64. The molecule has 22 heavy (non-hydrogen) atoms. The number of rotatable bonds is 6. The fourth-order valence-corrected chi connectivity index (χ4v) is 1.59. The van der Waals surface area contributed by atoms with Crippen LogP contribution in [0.1, 0.15) is 26.3 Å². The summed E-state index contributed by atoms with van der Waals surface area (Å²) in [5.41, 5.74) is 0.0748. The number of hydrogen-bond acceptors (Lipinski definition) is 4. The summed E-state index contributed by atoms with van der Waals surface area (Å²) in [7, 11) is 0. The van der Waals surface area contributed by atoms with Crippen molar-refractivity contribution in [1.29, 1.82) is 0 Å². The van der Waals surface area contributed by atoms with Crippen LogP contribution in [0.5, 0.6) is 0 Å². The van der Waals surface area contributed by atoms with E-state index in [0.29, 0.717) is 6.54 Å². The average Bonchev–Trinajstić information content (AvgIpc) is 2.38. The molecule has 1 aromatic carbocycles. The maximum Gasteiger partial charge on any atom is 0.407 e. The predicted molar refractivity (Wildman–Crippen MR) is 78.3 cm³/mol. The summed E-state index contributed by atoms with van der Waals surface area (Å²) < 4.78 is 30.7. The molecule has 0 fully saturated rings. The maximum absolute atomic E-state index is 13.0. The molecule has 1 rings (SSSR count). The Kier molecular flexibility index (Phi) is 6.70. The van der Waals surface area contributed by atoms with Crippen molar-refractivity contribution >= 4 is 6.09 Å². The lowest BCUT2D eigenvalue weighted by Gasteiger charge is -2.22. The van der Waals surface area contributed by atoms with Crippen LogP contribution < -0.4 is 10.6 Å². The minimum absolute atomic E-state index is 0.0133. The largest absolute Gasteiger partial charge is 0.445 e. The minimum atomic E-state index is -0.765. The third-order valence-electron chi connectivity index (χ3n) is 2.64. The van der Waals surface area contributed by atoms with Gasteiger partial charge in [-0.2, -0.15) is 0 Å². The minimum Gasteiger partial charge on any atom is -0.445 e. The number of aliphatic hydroxyl groups excluding tert-OH is 1. The van der Waals surface area contributed by atoms with Crippen molar-refractivity contribution in [2.24, 2.45) is 0 Å². The fourth-order valence-electron chi connectivity index (χ4n) is 1.59. The van der Waals surface area contributed by atoms with Crippen LogP contribution >= 0.6 is 0 Å². The van der Waals surface area contributed by atoms with E-state index in [0.717, 1.165) is 18.2 Å². The van der Waals surface area contributed by atoms with E-state index in [1.165, 1.54) is 0 Å². The predicted octanol–water partition coefficient (Wildman–Crippen LogP) is 1.94. The molecule has 0 spiro atoms. The molecule has 0 aliphatic rings. The first-order valence-corrected chi connectivity index (χ1v) is 6.94. The van der Waals surface area contributed by atoms with Gasteiger partial charge in [0.1, 0.15) is 18.2 Å². The Balaban J connectivity index is 2.28. The summed E-state index contributed by atoms with van der Waals surface area (Å²) in [5.74, 6) is -1.47. The van der Waals surface area contributed by atoms with E-state index in [9.17, 15) is 18.7 Å². The van der Waals surface area contributed by atoms with E-state index in [1.807, 2.05) is 20.8 Å². The molecule has 1 atom stereocenters. The van der Waals surface area contributed by atoms with Crippen LogP contribution in [0.15, 0.2) is 18.2 Å². The molecule has 0 saturated carbocycles. The number of ether oxygens (including phenoxy) is 1. The molecular weight excluding hydrogens is 294 g/mol. The molecular formula is C15H22F2N2O3. The number of nitrogens with one attached hydrogen (secondary N) is 2. The second-order valence-electron chi connectivity index (χ2n) is 6.02. The zero-order valence-corrected chi connectivity index (χ0v) is 13.0. The number of hydrogen-bond donors (Lipinski definition) is 3. The number of alkyl carbamates (subject to hydrolysis) is 1. The molecule has 3 N–H and O–H groups in total. The van der Waals surface area contributed by atoms with E-state index in [-0.39, 0.29) is 24.3 Å². The van der Waals surface area contributed by atoms with Crippen molar-refractivity contribution < 1.29 is 23.4 Å². The smallest absolute Gasteiger partial charge is 0.407 e. The van der Waals surface area contributed by atoms with Gasteiger partial charge in [0, 0.05) is 24.7 Å². The van der Waals surface area contributed by atoms with E-state index >= 15 is 0 Å². The van der Waals surface area contributed by atoms with Crippen molar-refractivity contribution in [3.8, 4) is 0 Å². The summed E-state index contributed by atoms with van der Waals surface area (Å²) in [6, 6.07) is 2.90. The quantitative estimate of drug-likeness (QED) is 0.750. The zero-order chi connectivity index (χ0) is 16.8. The topological polar surface area (TPSA) is 70.6 Å². The Hall–Kier alpha value is -1.73. The zero-order valence-electron chi connectivity index (χ0n) is 13.0. The summed E-state index contributed by atoms with van der Waals surface area (Å²) >= 11 is 0. The maximum atomic E-state index is 13.0. The van der Waals surface area contributed by atoms with Crippen LogP contribution in [0.4, 0.5) is 13.6 Å². The van der Waals surface area contributed by atoms with Crippen LogP contribution in [-0.2, 0) is 11.3 Å². The van der Waals surface area contributed by atoms with Crippen molar-refractivity contribution in [3.63, 3.8) is 0 Å². The van der Waals surface area contributed by atoms with Crippen LogP contribution in [0, 0.1) is 11.6 Å². The summed E-state index contributed by atoms with van der Waals surface area (Å²) in [6.45, 7) is 5.95. The third kappa shape index (κ3) is 7.90. The second kappa shape index (κ2) is 8.05. The average molecular weight is 316 g/mol. The van der Waals surface area contributed by atoms with Crippen molar-refractivity contribution in [2.75, 3.05) is 13.1 Å². The molecule has 0 radical (unpaired) electrons. The monoisotopic (exact) mass is 316 g/mol. The molecule has 0 saturated heterocycles. The number of aliphatic hydroxyl groups is 1. The van der Waals surface area contributed by atoms with Gasteiger partial charge in [0.2, 0.25) is 0 Å². The van der Waals surface area contributed by atoms with Gasteiger partial charge in [0.25, 0.3) is 0 Å². The molecule has 0 bridgehead atoms. The first kappa shape index (κ1) is 18.3. The van der Waals surface area contributed by atoms with Crippen molar-refractivity contribution in [3.05, 3.63) is 35.4 Å². The number of halogens is 2. The summed E-state index contributed by atoms with van der Waals surface area (Å²) in [5, 5.41) is 15.2. The van der Waals surface area contributed by atoms with E-state index in [1.54, 1.807) is 0 Å². The highest BCUT2D eigenvalue weighted by molar-refractivity contribution is 5.67. The highest BCUT2D eigenvalue weighted by atomic mass is 19.1. The van der Waals surface area contributed by atoms with Crippen LogP contribution in [0.2, 0.25) is 0 Å². The standard InChI is InChI=1S/C15H22F2N2O3/c1-15(2,3)19-8-13(20)7-18-14(21)22-9-10-4-11(16)6-12(17)5-10/h4-6,13,19-20H,7-9H2,1-3H3,(H,18,21). The second-order valence-corrected chi connectivity index (χ2v) is 6.02. The van der Waals surface area contributed by atoms with E-state index in [4.69, 9.17) is 4.74 Å². The van der Waals surface area contributed by atoms with Gasteiger partial charge in [-0.3, -0.25) is 0 Å². The molecule has 5 nitrogen and oxygen atoms in total. The normalized spacial score (nSPS) is 12.8. The first-order valence-electron chi connectivity index (χ1n) is 6.94. The van der Waals surface area contributed by atoms with E-state index in [2.05, 4.69) is 10.6 Å². The van der Waals surface area contributed by atoms with Crippen molar-refractivity contribution in [1.82, 2.24) is 10.6 Å².